The number of aliphatic hydroxyl groups excluding tert-OH is 1. The van der Waals surface area contributed by atoms with Crippen LogP contribution in [0.1, 0.15) is 50.2 Å². The van der Waals surface area contributed by atoms with Crippen molar-refractivity contribution in [3.63, 3.8) is 0 Å². The molecule has 1 aliphatic carbocycles. The average molecular weight is 237 g/mol. The first-order valence-electron chi connectivity index (χ1n) is 6.54. The van der Waals surface area contributed by atoms with Gasteiger partial charge < -0.3 is 14.4 Å². The van der Waals surface area contributed by atoms with Crippen molar-refractivity contribution in [3.8, 4) is 0 Å². The zero-order chi connectivity index (χ0) is 12.3. The molecule has 0 aliphatic heterocycles. The maximum Gasteiger partial charge on any atom is 0.100 e. The molecular formula is C14H23NO2. The van der Waals surface area contributed by atoms with Gasteiger partial charge in [-0.3, -0.25) is 0 Å². The number of hydrogen-bond donors (Lipinski definition) is 1. The molecule has 17 heavy (non-hydrogen) atoms. The van der Waals surface area contributed by atoms with Crippen LogP contribution in [-0.2, 0) is 0 Å². The molecule has 1 fully saturated rings. The third-order valence-electron chi connectivity index (χ3n) is 4.23. The molecule has 0 aromatic carbocycles. The molecule has 0 saturated heterocycles. The van der Waals surface area contributed by atoms with E-state index in [2.05, 4.69) is 19.0 Å². The number of furan rings is 1. The van der Waals surface area contributed by atoms with Crippen molar-refractivity contribution >= 4 is 0 Å². The van der Waals surface area contributed by atoms with E-state index in [9.17, 15) is 5.11 Å². The van der Waals surface area contributed by atoms with Crippen LogP contribution in [0.25, 0.3) is 0 Å². The summed E-state index contributed by atoms with van der Waals surface area (Å²) in [6, 6.07) is 1.88. The Kier molecular flexibility index (Phi) is 3.89. The standard InChI is InChI=1S/C14H23NO2/c1-15(2)14(8-5-3-4-6-9-14)13(16)12-7-10-17-11-12/h7,10-11,13,16H,3-6,8-9H2,1-2H3. The van der Waals surface area contributed by atoms with Gasteiger partial charge in [0.1, 0.15) is 6.10 Å². The molecule has 1 heterocycles. The Labute approximate surface area is 103 Å². The van der Waals surface area contributed by atoms with E-state index in [1.807, 2.05) is 6.07 Å². The summed E-state index contributed by atoms with van der Waals surface area (Å²) >= 11 is 0. The topological polar surface area (TPSA) is 36.6 Å². The fourth-order valence-electron chi connectivity index (χ4n) is 3.05. The number of aliphatic hydroxyl groups is 1. The number of hydrogen-bond acceptors (Lipinski definition) is 3. The van der Waals surface area contributed by atoms with Gasteiger partial charge in [0.25, 0.3) is 0 Å². The molecule has 1 atom stereocenters. The van der Waals surface area contributed by atoms with Crippen LogP contribution < -0.4 is 0 Å². The summed E-state index contributed by atoms with van der Waals surface area (Å²) in [6.45, 7) is 0. The van der Waals surface area contributed by atoms with E-state index >= 15 is 0 Å². The smallest absolute Gasteiger partial charge is 0.100 e. The summed E-state index contributed by atoms with van der Waals surface area (Å²) in [7, 11) is 4.16. The van der Waals surface area contributed by atoms with Crippen molar-refractivity contribution in [2.75, 3.05) is 14.1 Å². The largest absolute Gasteiger partial charge is 0.472 e. The Morgan fingerprint density at radius 1 is 1.24 bits per heavy atom. The lowest BCUT2D eigenvalue weighted by molar-refractivity contribution is -0.0201. The maximum atomic E-state index is 10.7. The van der Waals surface area contributed by atoms with Gasteiger partial charge >= 0.3 is 0 Å². The van der Waals surface area contributed by atoms with Gasteiger partial charge in [-0.25, -0.2) is 0 Å². The van der Waals surface area contributed by atoms with Gasteiger partial charge in [-0.05, 0) is 33.0 Å². The maximum absolute atomic E-state index is 10.7. The predicted octanol–water partition coefficient (Wildman–Crippen LogP) is 2.97. The summed E-state index contributed by atoms with van der Waals surface area (Å²) in [5.41, 5.74) is 0.779. The summed E-state index contributed by atoms with van der Waals surface area (Å²) in [5, 5.41) is 10.7. The molecule has 0 radical (unpaired) electrons. The van der Waals surface area contributed by atoms with E-state index in [-0.39, 0.29) is 5.54 Å². The van der Waals surface area contributed by atoms with Gasteiger partial charge in [0.05, 0.1) is 18.1 Å². The van der Waals surface area contributed by atoms with Gasteiger partial charge in [0.15, 0.2) is 0 Å². The van der Waals surface area contributed by atoms with Crippen molar-refractivity contribution in [2.45, 2.75) is 50.2 Å². The van der Waals surface area contributed by atoms with Crippen LogP contribution in [0.2, 0.25) is 0 Å². The fraction of sp³-hybridized carbons (Fsp3) is 0.714. The highest BCUT2D eigenvalue weighted by Crippen LogP contribution is 2.41. The van der Waals surface area contributed by atoms with Gasteiger partial charge in [-0.2, -0.15) is 0 Å². The lowest BCUT2D eigenvalue weighted by Crippen LogP contribution is -2.48. The minimum Gasteiger partial charge on any atom is -0.472 e. The molecule has 0 amide bonds. The number of rotatable bonds is 3. The molecule has 1 aromatic heterocycles. The van der Waals surface area contributed by atoms with E-state index in [1.165, 1.54) is 25.7 Å². The Balaban J connectivity index is 2.26. The summed E-state index contributed by atoms with van der Waals surface area (Å²) in [5.74, 6) is 0. The minimum atomic E-state index is -0.450. The monoisotopic (exact) mass is 237 g/mol. The zero-order valence-corrected chi connectivity index (χ0v) is 10.9. The first-order chi connectivity index (χ1) is 8.17. The first kappa shape index (κ1) is 12.7. The second-order valence-electron chi connectivity index (χ2n) is 5.37. The molecule has 96 valence electrons. The van der Waals surface area contributed by atoms with Crippen LogP contribution in [0, 0.1) is 0 Å². The molecular weight excluding hydrogens is 214 g/mol. The van der Waals surface area contributed by atoms with Crippen LogP contribution in [0.5, 0.6) is 0 Å². The molecule has 0 spiro atoms. The van der Waals surface area contributed by atoms with Crippen LogP contribution >= 0.6 is 0 Å². The highest BCUT2D eigenvalue weighted by atomic mass is 16.3. The van der Waals surface area contributed by atoms with E-state index in [0.29, 0.717) is 0 Å². The van der Waals surface area contributed by atoms with Crippen LogP contribution in [0.3, 0.4) is 0 Å². The van der Waals surface area contributed by atoms with E-state index in [1.54, 1.807) is 12.5 Å². The molecule has 2 rings (SSSR count). The lowest BCUT2D eigenvalue weighted by Gasteiger charge is -2.43. The lowest BCUT2D eigenvalue weighted by atomic mass is 9.80. The van der Waals surface area contributed by atoms with E-state index in [0.717, 1.165) is 18.4 Å². The number of likely N-dealkylation sites (N-methyl/N-ethyl adjacent to an activating group) is 1. The molecule has 1 unspecified atom stereocenters. The van der Waals surface area contributed by atoms with Crippen molar-refractivity contribution in [1.29, 1.82) is 0 Å². The normalized spacial score (nSPS) is 22.4. The Hall–Kier alpha value is -0.800. The van der Waals surface area contributed by atoms with Gasteiger partial charge in [0.2, 0.25) is 0 Å². The molecule has 1 aromatic rings. The van der Waals surface area contributed by atoms with Crippen LogP contribution in [0.15, 0.2) is 23.0 Å². The molecule has 1 N–H and O–H groups in total. The SMILES string of the molecule is CN(C)C1(C(O)c2ccoc2)CCCCCC1. The molecule has 3 heteroatoms. The van der Waals surface area contributed by atoms with Crippen molar-refractivity contribution in [2.24, 2.45) is 0 Å². The number of nitrogens with zero attached hydrogens (tertiary/aromatic N) is 1. The zero-order valence-electron chi connectivity index (χ0n) is 10.9. The average Bonchev–Trinajstić information content (AvgIpc) is 2.72. The van der Waals surface area contributed by atoms with Crippen LogP contribution in [-0.4, -0.2) is 29.6 Å². The quantitative estimate of drug-likeness (QED) is 0.821. The molecule has 3 nitrogen and oxygen atoms in total. The molecule has 0 bridgehead atoms. The predicted molar refractivity (Wildman–Crippen MR) is 67.8 cm³/mol. The minimum absolute atomic E-state index is 0.125. The highest BCUT2D eigenvalue weighted by Gasteiger charge is 2.41. The van der Waals surface area contributed by atoms with E-state index < -0.39 is 6.10 Å². The van der Waals surface area contributed by atoms with Crippen molar-refractivity contribution in [1.82, 2.24) is 4.90 Å². The van der Waals surface area contributed by atoms with E-state index in [4.69, 9.17) is 4.42 Å². The second kappa shape index (κ2) is 5.23. The van der Waals surface area contributed by atoms with Crippen molar-refractivity contribution in [3.05, 3.63) is 24.2 Å². The summed E-state index contributed by atoms with van der Waals surface area (Å²) in [4.78, 5) is 2.20. The third kappa shape index (κ3) is 2.40. The van der Waals surface area contributed by atoms with Gasteiger partial charge in [0, 0.05) is 5.56 Å². The van der Waals surface area contributed by atoms with Crippen LogP contribution in [0.4, 0.5) is 0 Å². The fourth-order valence-corrected chi connectivity index (χ4v) is 3.05. The second-order valence-corrected chi connectivity index (χ2v) is 5.37. The van der Waals surface area contributed by atoms with Gasteiger partial charge in [-0.15, -0.1) is 0 Å². The summed E-state index contributed by atoms with van der Waals surface area (Å²) < 4.78 is 5.10. The van der Waals surface area contributed by atoms with Gasteiger partial charge in [-0.1, -0.05) is 25.7 Å². The molecule has 1 aliphatic rings. The highest BCUT2D eigenvalue weighted by molar-refractivity contribution is 5.16. The Morgan fingerprint density at radius 3 is 2.35 bits per heavy atom. The summed E-state index contributed by atoms with van der Waals surface area (Å²) in [6.07, 6.45) is 9.95. The Bertz CT molecular complexity index is 324. The van der Waals surface area contributed by atoms with Crippen molar-refractivity contribution < 1.29 is 9.52 Å². The Morgan fingerprint density at radius 2 is 1.88 bits per heavy atom. The molecule has 1 saturated carbocycles. The third-order valence-corrected chi connectivity index (χ3v) is 4.23. The first-order valence-corrected chi connectivity index (χ1v) is 6.54.